The summed E-state index contributed by atoms with van der Waals surface area (Å²) in [6, 6.07) is 11.1. The molecule has 3 atom stereocenters. The number of methoxy groups -OCH3 is 1. The number of hydrogen-bond donors (Lipinski definition) is 0. The number of nitrogens with zero attached hydrogens (tertiary/aromatic N) is 4. The van der Waals surface area contributed by atoms with Gasteiger partial charge in [0.15, 0.2) is 5.82 Å². The third-order valence-corrected chi connectivity index (χ3v) is 4.87. The average Bonchev–Trinajstić information content (AvgIpc) is 3.14. The molecule has 5 heteroatoms. The average molecular weight is 296 g/mol. The summed E-state index contributed by atoms with van der Waals surface area (Å²) < 4.78 is 5.38. The van der Waals surface area contributed by atoms with Crippen molar-refractivity contribution in [3.8, 4) is 11.4 Å². The first-order chi connectivity index (χ1) is 10.9. The zero-order valence-corrected chi connectivity index (χ0v) is 12.7. The standard InChI is InChI=1S/C17H20N4O/c1-22-10-13-9-14-7-8-15(13)21(14)17-19-11-18-16(20-17)12-5-3-2-4-6-12/h2-6,11,13-15H,7-10H2,1H3/t13-,14+,15-/m0/s1. The van der Waals surface area contributed by atoms with Gasteiger partial charge in [-0.15, -0.1) is 0 Å². The van der Waals surface area contributed by atoms with Crippen LogP contribution in [-0.4, -0.2) is 40.8 Å². The van der Waals surface area contributed by atoms with Crippen molar-refractivity contribution in [2.75, 3.05) is 18.6 Å². The molecular formula is C17H20N4O. The topological polar surface area (TPSA) is 51.1 Å². The summed E-state index contributed by atoms with van der Waals surface area (Å²) in [4.78, 5) is 15.9. The minimum Gasteiger partial charge on any atom is -0.384 e. The predicted molar refractivity (Wildman–Crippen MR) is 84.5 cm³/mol. The van der Waals surface area contributed by atoms with Gasteiger partial charge in [-0.05, 0) is 19.3 Å². The minimum absolute atomic E-state index is 0.510. The normalized spacial score (nSPS) is 26.6. The van der Waals surface area contributed by atoms with Gasteiger partial charge < -0.3 is 9.64 Å². The molecular weight excluding hydrogens is 276 g/mol. The Bertz CT molecular complexity index is 648. The summed E-state index contributed by atoms with van der Waals surface area (Å²) in [7, 11) is 1.78. The number of hydrogen-bond acceptors (Lipinski definition) is 5. The van der Waals surface area contributed by atoms with Gasteiger partial charge in [-0.3, -0.25) is 0 Å². The Balaban J connectivity index is 1.64. The largest absolute Gasteiger partial charge is 0.384 e. The third-order valence-electron chi connectivity index (χ3n) is 4.87. The highest BCUT2D eigenvalue weighted by molar-refractivity contribution is 5.56. The van der Waals surface area contributed by atoms with Gasteiger partial charge in [-0.25, -0.2) is 9.97 Å². The summed E-state index contributed by atoms with van der Waals surface area (Å²) in [5.41, 5.74) is 1.03. The van der Waals surface area contributed by atoms with Crippen LogP contribution >= 0.6 is 0 Å². The Morgan fingerprint density at radius 1 is 1.18 bits per heavy atom. The molecule has 5 nitrogen and oxygen atoms in total. The van der Waals surface area contributed by atoms with E-state index in [1.165, 1.54) is 19.3 Å². The first kappa shape index (κ1) is 13.6. The van der Waals surface area contributed by atoms with Crippen molar-refractivity contribution in [2.45, 2.75) is 31.3 Å². The van der Waals surface area contributed by atoms with E-state index < -0.39 is 0 Å². The second-order valence-electron chi connectivity index (χ2n) is 6.13. The van der Waals surface area contributed by atoms with Crippen LogP contribution in [-0.2, 0) is 4.74 Å². The van der Waals surface area contributed by atoms with Crippen LogP contribution in [0.5, 0.6) is 0 Å². The molecule has 0 aliphatic carbocycles. The predicted octanol–water partition coefficient (Wildman–Crippen LogP) is 2.54. The van der Waals surface area contributed by atoms with Gasteiger partial charge >= 0.3 is 0 Å². The fourth-order valence-corrected chi connectivity index (χ4v) is 3.96. The lowest BCUT2D eigenvalue weighted by atomic mass is 9.90. The maximum absolute atomic E-state index is 5.38. The highest BCUT2D eigenvalue weighted by Crippen LogP contribution is 2.43. The monoisotopic (exact) mass is 296 g/mol. The van der Waals surface area contributed by atoms with E-state index >= 15 is 0 Å². The third kappa shape index (κ3) is 2.25. The quantitative estimate of drug-likeness (QED) is 0.868. The van der Waals surface area contributed by atoms with Crippen molar-refractivity contribution >= 4 is 5.95 Å². The molecule has 0 amide bonds. The molecule has 2 fully saturated rings. The summed E-state index contributed by atoms with van der Waals surface area (Å²) in [5, 5.41) is 0. The molecule has 22 heavy (non-hydrogen) atoms. The fraction of sp³-hybridized carbons (Fsp3) is 0.471. The van der Waals surface area contributed by atoms with Gasteiger partial charge in [-0.1, -0.05) is 30.3 Å². The van der Waals surface area contributed by atoms with E-state index in [0.717, 1.165) is 23.9 Å². The zero-order valence-electron chi connectivity index (χ0n) is 12.7. The molecule has 1 aromatic carbocycles. The van der Waals surface area contributed by atoms with E-state index in [4.69, 9.17) is 9.72 Å². The van der Waals surface area contributed by atoms with Crippen molar-refractivity contribution in [1.29, 1.82) is 0 Å². The van der Waals surface area contributed by atoms with E-state index in [-0.39, 0.29) is 0 Å². The summed E-state index contributed by atoms with van der Waals surface area (Å²) in [6.45, 7) is 0.828. The van der Waals surface area contributed by atoms with E-state index in [0.29, 0.717) is 18.0 Å². The van der Waals surface area contributed by atoms with E-state index in [1.807, 2.05) is 30.3 Å². The Morgan fingerprint density at radius 2 is 2.05 bits per heavy atom. The first-order valence-electron chi connectivity index (χ1n) is 7.88. The molecule has 2 aliphatic heterocycles. The number of anilines is 1. The van der Waals surface area contributed by atoms with Crippen molar-refractivity contribution < 1.29 is 4.74 Å². The number of benzene rings is 1. The maximum Gasteiger partial charge on any atom is 0.229 e. The van der Waals surface area contributed by atoms with Crippen molar-refractivity contribution in [3.63, 3.8) is 0 Å². The van der Waals surface area contributed by atoms with E-state index in [1.54, 1.807) is 13.4 Å². The highest BCUT2D eigenvalue weighted by Gasteiger charge is 2.47. The number of aromatic nitrogens is 3. The van der Waals surface area contributed by atoms with E-state index in [9.17, 15) is 0 Å². The molecule has 2 aliphatic rings. The van der Waals surface area contributed by atoms with Crippen LogP contribution in [0.1, 0.15) is 19.3 Å². The van der Waals surface area contributed by atoms with Crippen LogP contribution in [0.15, 0.2) is 36.7 Å². The second-order valence-corrected chi connectivity index (χ2v) is 6.13. The summed E-state index contributed by atoms with van der Waals surface area (Å²) >= 11 is 0. The van der Waals surface area contributed by atoms with Gasteiger partial charge in [0.2, 0.25) is 5.95 Å². The van der Waals surface area contributed by atoms with Crippen LogP contribution in [0.3, 0.4) is 0 Å². The van der Waals surface area contributed by atoms with Gasteiger partial charge in [0.25, 0.3) is 0 Å². The van der Waals surface area contributed by atoms with Crippen molar-refractivity contribution in [2.24, 2.45) is 5.92 Å². The number of fused-ring (bicyclic) bond motifs is 2. The van der Waals surface area contributed by atoms with Crippen LogP contribution in [0.4, 0.5) is 5.95 Å². The lowest BCUT2D eigenvalue weighted by molar-refractivity contribution is 0.140. The lowest BCUT2D eigenvalue weighted by Crippen LogP contribution is -2.33. The molecule has 3 heterocycles. The fourth-order valence-electron chi connectivity index (χ4n) is 3.96. The van der Waals surface area contributed by atoms with Crippen LogP contribution in [0.25, 0.3) is 11.4 Å². The maximum atomic E-state index is 5.38. The van der Waals surface area contributed by atoms with Gasteiger partial charge in [0.1, 0.15) is 6.33 Å². The molecule has 0 spiro atoms. The lowest BCUT2D eigenvalue weighted by Gasteiger charge is -2.24. The Labute approximate surface area is 130 Å². The molecule has 0 unspecified atom stereocenters. The molecule has 2 aromatic rings. The Morgan fingerprint density at radius 3 is 2.86 bits per heavy atom. The van der Waals surface area contributed by atoms with Crippen LogP contribution in [0.2, 0.25) is 0 Å². The molecule has 1 aromatic heterocycles. The smallest absolute Gasteiger partial charge is 0.229 e. The SMILES string of the molecule is COC[C@@H]1C[C@H]2CC[C@@H]1N2c1ncnc(-c2ccccc2)n1. The van der Waals surface area contributed by atoms with Gasteiger partial charge in [0.05, 0.1) is 6.61 Å². The Hall–Kier alpha value is -2.01. The Kier molecular flexibility index (Phi) is 3.50. The van der Waals surface area contributed by atoms with Crippen LogP contribution < -0.4 is 4.90 Å². The zero-order chi connectivity index (χ0) is 14.9. The molecule has 4 rings (SSSR count). The van der Waals surface area contributed by atoms with E-state index in [2.05, 4.69) is 14.9 Å². The summed E-state index contributed by atoms with van der Waals surface area (Å²) in [6.07, 6.45) is 5.26. The molecule has 2 saturated heterocycles. The van der Waals surface area contributed by atoms with Crippen molar-refractivity contribution in [3.05, 3.63) is 36.7 Å². The summed E-state index contributed by atoms with van der Waals surface area (Å²) in [5.74, 6) is 2.17. The highest BCUT2D eigenvalue weighted by atomic mass is 16.5. The van der Waals surface area contributed by atoms with Crippen molar-refractivity contribution in [1.82, 2.24) is 15.0 Å². The second kappa shape index (κ2) is 5.65. The van der Waals surface area contributed by atoms with Crippen LogP contribution in [0, 0.1) is 5.92 Å². The minimum atomic E-state index is 0.510. The first-order valence-corrected chi connectivity index (χ1v) is 7.88. The van der Waals surface area contributed by atoms with Gasteiger partial charge in [0, 0.05) is 30.7 Å². The molecule has 2 bridgehead atoms. The molecule has 114 valence electrons. The number of rotatable bonds is 4. The molecule has 0 radical (unpaired) electrons. The molecule has 0 saturated carbocycles. The van der Waals surface area contributed by atoms with Gasteiger partial charge in [-0.2, -0.15) is 4.98 Å². The molecule has 0 N–H and O–H groups in total. The number of ether oxygens (including phenoxy) is 1.